The van der Waals surface area contributed by atoms with Crippen molar-refractivity contribution in [3.05, 3.63) is 58.5 Å². The summed E-state index contributed by atoms with van der Waals surface area (Å²) in [7, 11) is 2.00. The number of rotatable bonds is 7. The van der Waals surface area contributed by atoms with Crippen molar-refractivity contribution < 1.29 is 14.0 Å². The summed E-state index contributed by atoms with van der Waals surface area (Å²) in [4.78, 5) is 34.5. The van der Waals surface area contributed by atoms with Crippen LogP contribution in [0.3, 0.4) is 0 Å². The molecule has 1 saturated carbocycles. The number of hydrogen-bond donors (Lipinski definition) is 2. The second-order valence-corrected chi connectivity index (χ2v) is 9.10. The number of benzene rings is 1. The van der Waals surface area contributed by atoms with Crippen molar-refractivity contribution in [1.29, 1.82) is 0 Å². The molecule has 9 heteroatoms. The van der Waals surface area contributed by atoms with Crippen molar-refractivity contribution in [1.82, 2.24) is 20.6 Å². The molecule has 2 heterocycles. The Morgan fingerprint density at radius 2 is 1.94 bits per heavy atom. The van der Waals surface area contributed by atoms with Gasteiger partial charge < -0.3 is 10.2 Å². The van der Waals surface area contributed by atoms with Crippen LogP contribution < -0.4 is 15.5 Å². The second kappa shape index (κ2) is 10.2. The van der Waals surface area contributed by atoms with E-state index in [1.807, 2.05) is 19.2 Å². The van der Waals surface area contributed by atoms with Crippen molar-refractivity contribution in [2.24, 2.45) is 0 Å². The number of carbonyl (C=O) groups is 2. The minimum absolute atomic E-state index is 0.201. The van der Waals surface area contributed by atoms with Crippen LogP contribution in [0.15, 0.2) is 41.4 Å². The first-order valence-corrected chi connectivity index (χ1v) is 11.6. The molecule has 0 spiro atoms. The summed E-state index contributed by atoms with van der Waals surface area (Å²) < 4.78 is 13.0. The Labute approximate surface area is 190 Å². The molecule has 0 bridgehead atoms. The third-order valence-electron chi connectivity index (χ3n) is 5.91. The summed E-state index contributed by atoms with van der Waals surface area (Å²) in [6, 6.07) is 9.23. The number of aromatic nitrogens is 2. The van der Waals surface area contributed by atoms with E-state index in [1.54, 1.807) is 18.3 Å². The molecule has 4 rings (SSSR count). The minimum atomic E-state index is -0.390. The molecule has 168 valence electrons. The largest absolute Gasteiger partial charge is 0.341 e. The van der Waals surface area contributed by atoms with Gasteiger partial charge in [0.1, 0.15) is 5.82 Å². The van der Waals surface area contributed by atoms with Crippen LogP contribution in [0.1, 0.15) is 36.9 Å². The number of halogens is 1. The molecule has 1 aliphatic heterocycles. The standard InChI is InChI=1S/C23H26FN5O2S/c1-29(22-26-13-11-18(27-22)14-20-21(30)28-23(31)32-20)19-8-6-17(7-9-19)25-12-10-15-2-4-16(24)5-3-15/h2-5,11,13-14,17,19,25H,6-10,12H2,1H3,(H,28,30,31)/b20-14-. The van der Waals surface area contributed by atoms with E-state index in [9.17, 15) is 14.0 Å². The molecule has 2 amide bonds. The average Bonchev–Trinajstić information content (AvgIpc) is 3.11. The predicted molar refractivity (Wildman–Crippen MR) is 124 cm³/mol. The van der Waals surface area contributed by atoms with E-state index in [0.29, 0.717) is 28.6 Å². The van der Waals surface area contributed by atoms with Crippen LogP contribution >= 0.6 is 11.8 Å². The molecule has 0 atom stereocenters. The molecule has 2 aliphatic rings. The SMILES string of the molecule is CN(c1nccc(/C=C2\SC(=O)NC2=O)n1)C1CCC(NCCc2ccc(F)cc2)CC1. The van der Waals surface area contributed by atoms with Crippen molar-refractivity contribution in [3.63, 3.8) is 0 Å². The highest BCUT2D eigenvalue weighted by Crippen LogP contribution is 2.27. The smallest absolute Gasteiger partial charge is 0.290 e. The van der Waals surface area contributed by atoms with Gasteiger partial charge in [-0.15, -0.1) is 0 Å². The molecule has 1 aromatic carbocycles. The number of amides is 2. The Balaban J connectivity index is 1.27. The van der Waals surface area contributed by atoms with Crippen molar-refractivity contribution in [2.75, 3.05) is 18.5 Å². The van der Waals surface area contributed by atoms with Crippen LogP contribution in [0.4, 0.5) is 15.1 Å². The van der Waals surface area contributed by atoms with Gasteiger partial charge in [-0.1, -0.05) is 12.1 Å². The van der Waals surface area contributed by atoms with Crippen molar-refractivity contribution >= 4 is 34.9 Å². The Morgan fingerprint density at radius 3 is 2.62 bits per heavy atom. The Bertz CT molecular complexity index is 1010. The number of carbonyl (C=O) groups excluding carboxylic acids is 2. The summed E-state index contributed by atoms with van der Waals surface area (Å²) in [5.41, 5.74) is 1.74. The molecule has 1 saturated heterocycles. The zero-order valence-corrected chi connectivity index (χ0v) is 18.7. The van der Waals surface area contributed by atoms with Gasteiger partial charge in [0.05, 0.1) is 10.6 Å². The fourth-order valence-electron chi connectivity index (χ4n) is 4.07. The van der Waals surface area contributed by atoms with E-state index in [1.165, 1.54) is 12.1 Å². The number of hydrogen-bond acceptors (Lipinski definition) is 7. The zero-order chi connectivity index (χ0) is 22.5. The van der Waals surface area contributed by atoms with Crippen LogP contribution in [0, 0.1) is 5.82 Å². The first-order chi connectivity index (χ1) is 15.5. The van der Waals surface area contributed by atoms with E-state index in [2.05, 4.69) is 25.5 Å². The number of nitrogens with one attached hydrogen (secondary N) is 2. The van der Waals surface area contributed by atoms with Gasteiger partial charge in [-0.3, -0.25) is 14.9 Å². The molecule has 1 aromatic heterocycles. The third kappa shape index (κ3) is 5.72. The summed E-state index contributed by atoms with van der Waals surface area (Å²) in [5.74, 6) is 0.0221. The number of thioether (sulfide) groups is 1. The zero-order valence-electron chi connectivity index (χ0n) is 17.9. The number of nitrogens with zero attached hydrogens (tertiary/aromatic N) is 3. The van der Waals surface area contributed by atoms with E-state index in [4.69, 9.17) is 0 Å². The molecule has 2 N–H and O–H groups in total. The Hall–Kier alpha value is -2.78. The quantitative estimate of drug-likeness (QED) is 0.618. The van der Waals surface area contributed by atoms with E-state index in [-0.39, 0.29) is 11.1 Å². The van der Waals surface area contributed by atoms with Gasteiger partial charge >= 0.3 is 0 Å². The predicted octanol–water partition coefficient (Wildman–Crippen LogP) is 3.52. The lowest BCUT2D eigenvalue weighted by Crippen LogP contribution is -2.42. The first kappa shape index (κ1) is 22.4. The average molecular weight is 456 g/mol. The fraction of sp³-hybridized carbons (Fsp3) is 0.391. The maximum absolute atomic E-state index is 13.0. The van der Waals surface area contributed by atoms with E-state index < -0.39 is 5.91 Å². The summed E-state index contributed by atoms with van der Waals surface area (Å²) in [5, 5.41) is 5.51. The van der Waals surface area contributed by atoms with Gasteiger partial charge in [0.25, 0.3) is 11.1 Å². The molecule has 7 nitrogen and oxygen atoms in total. The minimum Gasteiger partial charge on any atom is -0.341 e. The Kier molecular flexibility index (Phi) is 7.16. The highest BCUT2D eigenvalue weighted by Gasteiger charge is 2.27. The second-order valence-electron chi connectivity index (χ2n) is 8.08. The summed E-state index contributed by atoms with van der Waals surface area (Å²) in [6.07, 6.45) is 8.39. The summed E-state index contributed by atoms with van der Waals surface area (Å²) >= 11 is 0.880. The van der Waals surface area contributed by atoms with Crippen LogP contribution in [-0.4, -0.2) is 46.8 Å². The van der Waals surface area contributed by atoms with Gasteiger partial charge in [0.2, 0.25) is 5.95 Å². The normalized spacial score (nSPS) is 22.2. The lowest BCUT2D eigenvalue weighted by Gasteiger charge is -2.35. The van der Waals surface area contributed by atoms with Gasteiger partial charge in [-0.2, -0.15) is 0 Å². The highest BCUT2D eigenvalue weighted by molar-refractivity contribution is 8.18. The topological polar surface area (TPSA) is 87.2 Å². The van der Waals surface area contributed by atoms with Crippen molar-refractivity contribution in [3.8, 4) is 0 Å². The maximum atomic E-state index is 13.0. The molecule has 0 radical (unpaired) electrons. The third-order valence-corrected chi connectivity index (χ3v) is 6.72. The first-order valence-electron chi connectivity index (χ1n) is 10.8. The molecular formula is C23H26FN5O2S. The lowest BCUT2D eigenvalue weighted by atomic mass is 9.90. The monoisotopic (exact) mass is 455 g/mol. The van der Waals surface area contributed by atoms with E-state index >= 15 is 0 Å². The molecule has 1 aliphatic carbocycles. The van der Waals surface area contributed by atoms with Crippen LogP contribution in [0.5, 0.6) is 0 Å². The highest BCUT2D eigenvalue weighted by atomic mass is 32.2. The van der Waals surface area contributed by atoms with Crippen LogP contribution in [-0.2, 0) is 11.2 Å². The van der Waals surface area contributed by atoms with E-state index in [0.717, 1.165) is 56.0 Å². The van der Waals surface area contributed by atoms with Gasteiger partial charge in [-0.05, 0) is 80.2 Å². The number of anilines is 1. The van der Waals surface area contributed by atoms with Gasteiger partial charge in [0, 0.05) is 25.3 Å². The molecule has 2 fully saturated rings. The van der Waals surface area contributed by atoms with Gasteiger partial charge in [-0.25, -0.2) is 14.4 Å². The molecule has 0 unspecified atom stereocenters. The summed E-state index contributed by atoms with van der Waals surface area (Å²) in [6.45, 7) is 0.880. The molecule has 2 aromatic rings. The fourth-order valence-corrected chi connectivity index (χ4v) is 4.74. The Morgan fingerprint density at radius 1 is 1.19 bits per heavy atom. The lowest BCUT2D eigenvalue weighted by molar-refractivity contribution is -0.115. The van der Waals surface area contributed by atoms with Crippen LogP contribution in [0.25, 0.3) is 6.08 Å². The maximum Gasteiger partial charge on any atom is 0.290 e. The molecular weight excluding hydrogens is 429 g/mol. The number of imide groups is 1. The van der Waals surface area contributed by atoms with Crippen LogP contribution in [0.2, 0.25) is 0 Å². The molecule has 32 heavy (non-hydrogen) atoms. The van der Waals surface area contributed by atoms with Gasteiger partial charge in [0.15, 0.2) is 0 Å². The van der Waals surface area contributed by atoms with Crippen molar-refractivity contribution in [2.45, 2.75) is 44.2 Å².